The maximum atomic E-state index is 11.8. The van der Waals surface area contributed by atoms with Crippen molar-refractivity contribution in [1.29, 1.82) is 5.26 Å². The second-order valence-corrected chi connectivity index (χ2v) is 8.08. The van der Waals surface area contributed by atoms with Crippen molar-refractivity contribution in [2.24, 2.45) is 11.8 Å². The van der Waals surface area contributed by atoms with E-state index < -0.39 is 0 Å². The van der Waals surface area contributed by atoms with Crippen LogP contribution in [0.1, 0.15) is 51.2 Å². The molecular weight excluding hydrogens is 378 g/mol. The summed E-state index contributed by atoms with van der Waals surface area (Å²) in [7, 11) is 0. The molecule has 2 aromatic rings. The summed E-state index contributed by atoms with van der Waals surface area (Å²) in [5, 5.41) is 9.61. The van der Waals surface area contributed by atoms with Crippen LogP contribution in [0, 0.1) is 23.2 Å². The third-order valence-corrected chi connectivity index (χ3v) is 4.63. The number of Topliss-reactive ketones (excluding diaryl/α,β-unsaturated/α-hetero) is 1. The molecule has 0 fully saturated rings. The molecule has 0 saturated carbocycles. The van der Waals surface area contributed by atoms with Crippen LogP contribution >= 0.6 is 0 Å². The number of carbonyl (C=O) groups excluding carboxylic acids is 2. The maximum Gasteiger partial charge on any atom is 0.311 e. The first-order valence-electron chi connectivity index (χ1n) is 10.2. The summed E-state index contributed by atoms with van der Waals surface area (Å²) in [6.07, 6.45) is 0.923. The fourth-order valence-corrected chi connectivity index (χ4v) is 2.79. The molecule has 0 aliphatic carbocycles. The monoisotopic (exact) mass is 407 g/mol. The van der Waals surface area contributed by atoms with Gasteiger partial charge < -0.3 is 9.47 Å². The average Bonchev–Trinajstić information content (AvgIpc) is 2.71. The Balaban J connectivity index is 1.95. The van der Waals surface area contributed by atoms with Gasteiger partial charge in [-0.15, -0.1) is 0 Å². The lowest BCUT2D eigenvalue weighted by molar-refractivity contribution is -0.135. The first kappa shape index (κ1) is 23.2. The summed E-state index contributed by atoms with van der Waals surface area (Å²) in [5.74, 6) is 0.799. The van der Waals surface area contributed by atoms with Gasteiger partial charge in [0.2, 0.25) is 0 Å². The van der Waals surface area contributed by atoms with E-state index in [-0.39, 0.29) is 36.1 Å². The zero-order valence-corrected chi connectivity index (χ0v) is 18.1. The highest BCUT2D eigenvalue weighted by atomic mass is 16.5. The molecule has 5 heteroatoms. The smallest absolute Gasteiger partial charge is 0.311 e. The Morgan fingerprint density at radius 3 is 2.07 bits per heavy atom. The molecule has 158 valence electrons. The van der Waals surface area contributed by atoms with Crippen LogP contribution in [0.2, 0.25) is 0 Å². The molecule has 0 N–H and O–H groups in total. The van der Waals surface area contributed by atoms with Crippen molar-refractivity contribution in [3.05, 3.63) is 59.7 Å². The van der Waals surface area contributed by atoms with Crippen LogP contribution in [-0.2, 0) is 16.0 Å². The Kier molecular flexibility index (Phi) is 8.61. The zero-order chi connectivity index (χ0) is 22.1. The fraction of sp³-hybridized carbons (Fsp3) is 0.400. The number of nitriles is 1. The highest BCUT2D eigenvalue weighted by Crippen LogP contribution is 2.24. The predicted octanol–water partition coefficient (Wildman–Crippen LogP) is 5.09. The molecule has 5 nitrogen and oxygen atoms in total. The van der Waals surface area contributed by atoms with Crippen LogP contribution in [0.3, 0.4) is 0 Å². The van der Waals surface area contributed by atoms with Crippen molar-refractivity contribution >= 4 is 11.8 Å². The van der Waals surface area contributed by atoms with Gasteiger partial charge in [-0.1, -0.05) is 52.0 Å². The largest absolute Gasteiger partial charge is 0.486 e. The van der Waals surface area contributed by atoms with E-state index in [4.69, 9.17) is 9.47 Å². The Labute approximate surface area is 178 Å². The second-order valence-electron chi connectivity index (χ2n) is 8.08. The van der Waals surface area contributed by atoms with Crippen molar-refractivity contribution in [2.45, 2.75) is 46.5 Å². The molecule has 0 bridgehead atoms. The SMILES string of the molecule is CC(C)CC(=O)Oc1ccc(CC(C#N)c2ccc(OCC(=O)C(C)C)cc2)cc1. The molecule has 0 spiro atoms. The van der Waals surface area contributed by atoms with Crippen molar-refractivity contribution in [3.63, 3.8) is 0 Å². The summed E-state index contributed by atoms with van der Waals surface area (Å²) in [6.45, 7) is 7.67. The van der Waals surface area contributed by atoms with Gasteiger partial charge in [0.25, 0.3) is 0 Å². The van der Waals surface area contributed by atoms with Crippen molar-refractivity contribution in [3.8, 4) is 17.6 Å². The first-order chi connectivity index (χ1) is 14.3. The van der Waals surface area contributed by atoms with E-state index in [9.17, 15) is 14.9 Å². The standard InChI is InChI=1S/C25H29NO4/c1-17(2)13-25(28)30-23-9-5-19(6-10-23)14-21(15-26)20-7-11-22(12-8-20)29-16-24(27)18(3)4/h5-12,17-18,21H,13-14,16H2,1-4H3. The van der Waals surface area contributed by atoms with Gasteiger partial charge in [-0.05, 0) is 47.7 Å². The molecule has 0 aliphatic heterocycles. The van der Waals surface area contributed by atoms with Gasteiger partial charge >= 0.3 is 5.97 Å². The van der Waals surface area contributed by atoms with Crippen LogP contribution in [0.5, 0.6) is 11.5 Å². The van der Waals surface area contributed by atoms with Gasteiger partial charge in [0.05, 0.1) is 12.0 Å². The molecular formula is C25H29NO4. The molecule has 0 aromatic heterocycles. The van der Waals surface area contributed by atoms with Gasteiger partial charge in [0, 0.05) is 12.3 Å². The Morgan fingerprint density at radius 2 is 1.53 bits per heavy atom. The highest BCUT2D eigenvalue weighted by molar-refractivity contribution is 5.81. The number of esters is 1. The Bertz CT molecular complexity index is 877. The van der Waals surface area contributed by atoms with Crippen molar-refractivity contribution in [2.75, 3.05) is 6.61 Å². The third-order valence-electron chi connectivity index (χ3n) is 4.63. The van der Waals surface area contributed by atoms with Crippen LogP contribution in [0.15, 0.2) is 48.5 Å². The van der Waals surface area contributed by atoms with Crippen LogP contribution in [0.4, 0.5) is 0 Å². The number of ketones is 1. The Hall–Kier alpha value is -3.13. The Morgan fingerprint density at radius 1 is 0.933 bits per heavy atom. The van der Waals surface area contributed by atoms with Crippen LogP contribution in [-0.4, -0.2) is 18.4 Å². The molecule has 0 saturated heterocycles. The van der Waals surface area contributed by atoms with E-state index >= 15 is 0 Å². The van der Waals surface area contributed by atoms with Crippen LogP contribution in [0.25, 0.3) is 0 Å². The summed E-state index contributed by atoms with van der Waals surface area (Å²) in [4.78, 5) is 23.4. The molecule has 1 atom stereocenters. The lowest BCUT2D eigenvalue weighted by Gasteiger charge is -2.12. The minimum Gasteiger partial charge on any atom is -0.486 e. The summed E-state index contributed by atoms with van der Waals surface area (Å²) < 4.78 is 10.8. The minimum atomic E-state index is -0.314. The van der Waals surface area contributed by atoms with Gasteiger partial charge in [0.1, 0.15) is 18.1 Å². The van der Waals surface area contributed by atoms with Gasteiger partial charge in [-0.2, -0.15) is 5.26 Å². The topological polar surface area (TPSA) is 76.4 Å². The molecule has 2 rings (SSSR count). The van der Waals surface area contributed by atoms with Gasteiger partial charge in [-0.3, -0.25) is 9.59 Å². The van der Waals surface area contributed by atoms with Gasteiger partial charge in [-0.25, -0.2) is 0 Å². The molecule has 0 heterocycles. The third kappa shape index (κ3) is 7.36. The number of rotatable bonds is 10. The number of ether oxygens (including phenoxy) is 2. The molecule has 2 aromatic carbocycles. The highest BCUT2D eigenvalue weighted by Gasteiger charge is 2.14. The summed E-state index contributed by atoms with van der Waals surface area (Å²) >= 11 is 0. The van der Waals surface area contributed by atoms with Crippen LogP contribution < -0.4 is 9.47 Å². The number of hydrogen-bond donors (Lipinski definition) is 0. The predicted molar refractivity (Wildman–Crippen MR) is 115 cm³/mol. The molecule has 0 amide bonds. The average molecular weight is 408 g/mol. The molecule has 30 heavy (non-hydrogen) atoms. The lowest BCUT2D eigenvalue weighted by Crippen LogP contribution is -2.16. The van der Waals surface area contributed by atoms with Crippen molar-refractivity contribution < 1.29 is 19.1 Å². The number of hydrogen-bond acceptors (Lipinski definition) is 5. The molecule has 0 radical (unpaired) electrons. The molecule has 1 unspecified atom stereocenters. The summed E-state index contributed by atoms with van der Waals surface area (Å²) in [5.41, 5.74) is 1.86. The molecule has 0 aliphatic rings. The number of nitrogens with zero attached hydrogens (tertiary/aromatic N) is 1. The van der Waals surface area contributed by atoms with E-state index in [0.717, 1.165) is 11.1 Å². The number of benzene rings is 2. The first-order valence-corrected chi connectivity index (χ1v) is 10.2. The van der Waals surface area contributed by atoms with Gasteiger partial charge in [0.15, 0.2) is 5.78 Å². The summed E-state index contributed by atoms with van der Waals surface area (Å²) in [6, 6.07) is 16.9. The quantitative estimate of drug-likeness (QED) is 0.405. The van der Waals surface area contributed by atoms with E-state index in [1.54, 1.807) is 24.3 Å². The maximum absolute atomic E-state index is 11.8. The van der Waals surface area contributed by atoms with E-state index in [0.29, 0.717) is 24.3 Å². The zero-order valence-electron chi connectivity index (χ0n) is 18.1. The minimum absolute atomic E-state index is 0.0484. The normalized spacial score (nSPS) is 11.8. The number of carbonyl (C=O) groups is 2. The van der Waals surface area contributed by atoms with E-state index in [1.165, 1.54) is 0 Å². The van der Waals surface area contributed by atoms with Crippen molar-refractivity contribution in [1.82, 2.24) is 0 Å². The van der Waals surface area contributed by atoms with E-state index in [2.05, 4.69) is 6.07 Å². The fourth-order valence-electron chi connectivity index (χ4n) is 2.79. The lowest BCUT2D eigenvalue weighted by atomic mass is 9.93. The second kappa shape index (κ2) is 11.2. The van der Waals surface area contributed by atoms with E-state index in [1.807, 2.05) is 52.0 Å².